The van der Waals surface area contributed by atoms with Gasteiger partial charge >= 0.3 is 0 Å². The predicted octanol–water partition coefficient (Wildman–Crippen LogP) is 1.57. The summed E-state index contributed by atoms with van der Waals surface area (Å²) < 4.78 is 13.2. The second-order valence-corrected chi connectivity index (χ2v) is 3.91. The van der Waals surface area contributed by atoms with Gasteiger partial charge in [-0.1, -0.05) is 0 Å². The van der Waals surface area contributed by atoms with Gasteiger partial charge in [-0.05, 0) is 25.1 Å². The van der Waals surface area contributed by atoms with Gasteiger partial charge in [0.05, 0.1) is 24.0 Å². The van der Waals surface area contributed by atoms with Crippen molar-refractivity contribution in [3.63, 3.8) is 0 Å². The molecule has 0 aliphatic heterocycles. The zero-order valence-corrected chi connectivity index (χ0v) is 9.83. The molecule has 0 atom stereocenters. The Morgan fingerprint density at radius 1 is 1.56 bits per heavy atom. The molecule has 0 saturated carbocycles. The van der Waals surface area contributed by atoms with Gasteiger partial charge in [0.1, 0.15) is 11.6 Å². The number of aryl methyl sites for hydroxylation is 1. The van der Waals surface area contributed by atoms with Crippen molar-refractivity contribution in [2.75, 3.05) is 5.32 Å². The second kappa shape index (κ2) is 4.87. The van der Waals surface area contributed by atoms with Crippen molar-refractivity contribution in [1.29, 1.82) is 0 Å². The molecule has 1 aromatic carbocycles. The molecule has 0 unspecified atom stereocenters. The van der Waals surface area contributed by atoms with Crippen molar-refractivity contribution in [3.05, 3.63) is 47.3 Å². The van der Waals surface area contributed by atoms with Crippen LogP contribution in [0.3, 0.4) is 0 Å². The Morgan fingerprint density at radius 3 is 2.94 bits per heavy atom. The van der Waals surface area contributed by atoms with E-state index in [4.69, 9.17) is 5.73 Å². The van der Waals surface area contributed by atoms with Crippen LogP contribution >= 0.6 is 0 Å². The fourth-order valence-electron chi connectivity index (χ4n) is 1.58. The minimum atomic E-state index is -0.784. The van der Waals surface area contributed by atoms with Crippen LogP contribution in [0.25, 0.3) is 0 Å². The monoisotopic (exact) mass is 248 g/mol. The quantitative estimate of drug-likeness (QED) is 0.767. The lowest BCUT2D eigenvalue weighted by Gasteiger charge is -2.06. The van der Waals surface area contributed by atoms with E-state index in [-0.39, 0.29) is 5.56 Å². The highest BCUT2D eigenvalue weighted by Crippen LogP contribution is 2.15. The van der Waals surface area contributed by atoms with Gasteiger partial charge in [0, 0.05) is 5.69 Å². The van der Waals surface area contributed by atoms with E-state index in [0.29, 0.717) is 12.2 Å². The van der Waals surface area contributed by atoms with Crippen molar-refractivity contribution in [2.45, 2.75) is 13.5 Å². The normalized spacial score (nSPS) is 10.3. The molecule has 0 aliphatic rings. The average molecular weight is 248 g/mol. The molecule has 0 bridgehead atoms. The van der Waals surface area contributed by atoms with Gasteiger partial charge in [-0.2, -0.15) is 0 Å². The third-order valence-corrected chi connectivity index (χ3v) is 2.47. The van der Waals surface area contributed by atoms with Gasteiger partial charge in [-0.15, -0.1) is 0 Å². The van der Waals surface area contributed by atoms with E-state index in [1.807, 2.05) is 6.92 Å². The maximum atomic E-state index is 13.2. The van der Waals surface area contributed by atoms with Crippen LogP contribution in [0.1, 0.15) is 21.9 Å². The van der Waals surface area contributed by atoms with Crippen molar-refractivity contribution >= 4 is 11.6 Å². The van der Waals surface area contributed by atoms with E-state index >= 15 is 0 Å². The number of nitrogens with two attached hydrogens (primary N) is 1. The Kier molecular flexibility index (Phi) is 3.27. The van der Waals surface area contributed by atoms with Gasteiger partial charge < -0.3 is 16.0 Å². The number of amides is 1. The summed E-state index contributed by atoms with van der Waals surface area (Å²) in [6.07, 6.45) is 1.71. The van der Waals surface area contributed by atoms with Gasteiger partial charge in [0.15, 0.2) is 0 Å². The van der Waals surface area contributed by atoms with E-state index in [0.717, 1.165) is 11.5 Å². The third-order valence-electron chi connectivity index (χ3n) is 2.47. The number of carbonyl (C=O) groups is 1. The summed E-state index contributed by atoms with van der Waals surface area (Å²) in [7, 11) is 0. The first-order chi connectivity index (χ1) is 8.56. The van der Waals surface area contributed by atoms with E-state index in [9.17, 15) is 9.18 Å². The molecule has 0 radical (unpaired) electrons. The number of hydrogen-bond donors (Lipinski definition) is 3. The highest BCUT2D eigenvalue weighted by Gasteiger charge is 2.08. The van der Waals surface area contributed by atoms with Gasteiger partial charge in [0.2, 0.25) is 0 Å². The lowest BCUT2D eigenvalue weighted by Crippen LogP contribution is -2.13. The number of nitrogens with one attached hydrogen (secondary N) is 2. The largest absolute Gasteiger partial charge is 0.379 e. The average Bonchev–Trinajstić information content (AvgIpc) is 2.74. The van der Waals surface area contributed by atoms with Crippen LogP contribution in [0.2, 0.25) is 0 Å². The van der Waals surface area contributed by atoms with Crippen LogP contribution in [0.4, 0.5) is 10.1 Å². The second-order valence-electron chi connectivity index (χ2n) is 3.91. The minimum Gasteiger partial charge on any atom is -0.379 e. The summed E-state index contributed by atoms with van der Waals surface area (Å²) in [5, 5.41) is 3.05. The Labute approximate surface area is 103 Å². The molecule has 0 fully saturated rings. The minimum absolute atomic E-state index is 0.124. The van der Waals surface area contributed by atoms with Gasteiger partial charge in [0.25, 0.3) is 5.91 Å². The molecule has 4 N–H and O–H groups in total. The first-order valence-corrected chi connectivity index (χ1v) is 5.40. The highest BCUT2D eigenvalue weighted by molar-refractivity contribution is 5.94. The van der Waals surface area contributed by atoms with E-state index in [1.54, 1.807) is 12.3 Å². The Hall–Kier alpha value is -2.37. The lowest BCUT2D eigenvalue weighted by molar-refractivity contribution is 0.0996. The Balaban J connectivity index is 2.10. The molecule has 1 aromatic heterocycles. The summed E-state index contributed by atoms with van der Waals surface area (Å²) in [6.45, 7) is 2.36. The summed E-state index contributed by atoms with van der Waals surface area (Å²) in [4.78, 5) is 18.1. The number of H-pyrrole nitrogens is 1. The Bertz CT molecular complexity index is 579. The third kappa shape index (κ3) is 2.65. The molecule has 1 amide bonds. The molecular weight excluding hydrogens is 235 g/mol. The van der Waals surface area contributed by atoms with Crippen molar-refractivity contribution in [2.24, 2.45) is 5.73 Å². The van der Waals surface area contributed by atoms with Crippen molar-refractivity contribution in [3.8, 4) is 0 Å². The lowest BCUT2D eigenvalue weighted by atomic mass is 10.2. The fourth-order valence-corrected chi connectivity index (χ4v) is 1.58. The molecule has 0 saturated heterocycles. The van der Waals surface area contributed by atoms with Gasteiger partial charge in [-0.3, -0.25) is 4.79 Å². The number of aromatic nitrogens is 2. The zero-order valence-electron chi connectivity index (χ0n) is 9.83. The number of halogens is 1. The maximum absolute atomic E-state index is 13.2. The topological polar surface area (TPSA) is 83.8 Å². The van der Waals surface area contributed by atoms with E-state index in [1.165, 1.54) is 12.1 Å². The number of anilines is 1. The number of nitrogens with zero attached hydrogens (tertiary/aromatic N) is 1. The number of benzene rings is 1. The van der Waals surface area contributed by atoms with Gasteiger partial charge in [-0.25, -0.2) is 9.37 Å². The summed E-state index contributed by atoms with van der Waals surface area (Å²) in [5.74, 6) is -0.581. The predicted molar refractivity (Wildman–Crippen MR) is 65.6 cm³/mol. The molecule has 2 aromatic rings. The number of rotatable bonds is 4. The van der Waals surface area contributed by atoms with Crippen LogP contribution in [0, 0.1) is 12.7 Å². The number of carbonyl (C=O) groups excluding carboxylic acids is 1. The standard InChI is InChI=1S/C12H13FN4O/c1-7-15-5-9(17-7)6-16-8-2-3-11(13)10(4-8)12(14)18/h2-5,16H,6H2,1H3,(H2,14,18)(H,15,17). The highest BCUT2D eigenvalue weighted by atomic mass is 19.1. The van der Waals surface area contributed by atoms with Crippen molar-refractivity contribution in [1.82, 2.24) is 9.97 Å². The molecule has 2 rings (SSSR count). The summed E-state index contributed by atoms with van der Waals surface area (Å²) in [6, 6.07) is 4.15. The molecular formula is C12H13FN4O. The molecule has 0 aliphatic carbocycles. The molecule has 18 heavy (non-hydrogen) atoms. The summed E-state index contributed by atoms with van der Waals surface area (Å²) >= 11 is 0. The number of hydrogen-bond acceptors (Lipinski definition) is 3. The SMILES string of the molecule is Cc1ncc(CNc2ccc(F)c(C(N)=O)c2)[nH]1. The maximum Gasteiger partial charge on any atom is 0.251 e. The molecule has 5 nitrogen and oxygen atoms in total. The smallest absolute Gasteiger partial charge is 0.251 e. The molecule has 0 spiro atoms. The molecule has 6 heteroatoms. The molecule has 94 valence electrons. The first-order valence-electron chi connectivity index (χ1n) is 5.40. The molecule has 1 heterocycles. The van der Waals surface area contributed by atoms with Crippen LogP contribution in [-0.4, -0.2) is 15.9 Å². The summed E-state index contributed by atoms with van der Waals surface area (Å²) in [5.41, 5.74) is 6.47. The van der Waals surface area contributed by atoms with Crippen LogP contribution in [0.15, 0.2) is 24.4 Å². The number of aromatic amines is 1. The van der Waals surface area contributed by atoms with Crippen LogP contribution in [0.5, 0.6) is 0 Å². The number of primary amides is 1. The Morgan fingerprint density at radius 2 is 2.33 bits per heavy atom. The van der Waals surface area contributed by atoms with Crippen molar-refractivity contribution < 1.29 is 9.18 Å². The first kappa shape index (κ1) is 12.1. The fraction of sp³-hybridized carbons (Fsp3) is 0.167. The van der Waals surface area contributed by atoms with Crippen LogP contribution < -0.4 is 11.1 Å². The zero-order chi connectivity index (χ0) is 13.1. The van der Waals surface area contributed by atoms with E-state index < -0.39 is 11.7 Å². The van der Waals surface area contributed by atoms with Crippen LogP contribution in [-0.2, 0) is 6.54 Å². The van der Waals surface area contributed by atoms with E-state index in [2.05, 4.69) is 15.3 Å². The number of imidazole rings is 1.